The summed E-state index contributed by atoms with van der Waals surface area (Å²) in [6.45, 7) is 2.01. The first kappa shape index (κ1) is 15.9. The molecule has 2 heterocycles. The van der Waals surface area contributed by atoms with Crippen LogP contribution in [0, 0.1) is 0 Å². The van der Waals surface area contributed by atoms with E-state index in [1.54, 1.807) is 49.0 Å². The second-order valence-corrected chi connectivity index (χ2v) is 5.21. The molecule has 0 aliphatic carbocycles. The van der Waals surface area contributed by atoms with Gasteiger partial charge in [-0.15, -0.1) is 5.10 Å². The summed E-state index contributed by atoms with van der Waals surface area (Å²) < 4.78 is 12.3. The SMILES string of the molecule is COCc1nc2c(NC(=O)[C@H](C)Oc3ccccc3)cccn2n1. The van der Waals surface area contributed by atoms with Gasteiger partial charge in [-0.05, 0) is 31.2 Å². The highest BCUT2D eigenvalue weighted by atomic mass is 16.5. The van der Waals surface area contributed by atoms with Crippen LogP contribution in [0.3, 0.4) is 0 Å². The maximum atomic E-state index is 12.4. The third-order valence-electron chi connectivity index (χ3n) is 3.36. The van der Waals surface area contributed by atoms with Crippen LogP contribution in [0.15, 0.2) is 48.7 Å². The second kappa shape index (κ2) is 7.10. The van der Waals surface area contributed by atoms with Crippen molar-refractivity contribution in [3.63, 3.8) is 0 Å². The van der Waals surface area contributed by atoms with E-state index < -0.39 is 6.10 Å². The van der Waals surface area contributed by atoms with Gasteiger partial charge < -0.3 is 14.8 Å². The monoisotopic (exact) mass is 326 g/mol. The van der Waals surface area contributed by atoms with Crippen LogP contribution in [0.25, 0.3) is 5.65 Å². The van der Waals surface area contributed by atoms with E-state index >= 15 is 0 Å². The molecule has 1 atom stereocenters. The van der Waals surface area contributed by atoms with Crippen LogP contribution in [0.5, 0.6) is 5.75 Å². The Morgan fingerprint density at radius 3 is 2.79 bits per heavy atom. The van der Waals surface area contributed by atoms with Crippen molar-refractivity contribution in [1.82, 2.24) is 14.6 Å². The Balaban J connectivity index is 1.75. The predicted molar refractivity (Wildman–Crippen MR) is 88.9 cm³/mol. The number of pyridine rings is 1. The zero-order chi connectivity index (χ0) is 16.9. The molecule has 0 fully saturated rings. The van der Waals surface area contributed by atoms with Gasteiger partial charge in [0, 0.05) is 13.3 Å². The summed E-state index contributed by atoms with van der Waals surface area (Å²) in [6, 6.07) is 12.8. The number of nitrogens with one attached hydrogen (secondary N) is 1. The minimum Gasteiger partial charge on any atom is -0.481 e. The van der Waals surface area contributed by atoms with Crippen LogP contribution in [0.1, 0.15) is 12.7 Å². The molecule has 0 unspecified atom stereocenters. The number of hydrogen-bond donors (Lipinski definition) is 1. The number of carbonyl (C=O) groups is 1. The number of aromatic nitrogens is 3. The zero-order valence-corrected chi connectivity index (χ0v) is 13.5. The summed E-state index contributed by atoms with van der Waals surface area (Å²) in [7, 11) is 1.58. The number of ether oxygens (including phenoxy) is 2. The molecule has 24 heavy (non-hydrogen) atoms. The molecule has 1 aromatic carbocycles. The van der Waals surface area contributed by atoms with E-state index in [0.29, 0.717) is 29.5 Å². The quantitative estimate of drug-likeness (QED) is 0.752. The van der Waals surface area contributed by atoms with Crippen molar-refractivity contribution in [2.45, 2.75) is 19.6 Å². The highest BCUT2D eigenvalue weighted by Crippen LogP contribution is 2.17. The van der Waals surface area contributed by atoms with E-state index in [1.807, 2.05) is 18.2 Å². The van der Waals surface area contributed by atoms with Gasteiger partial charge in [-0.3, -0.25) is 4.79 Å². The van der Waals surface area contributed by atoms with Crippen molar-refractivity contribution in [2.24, 2.45) is 0 Å². The van der Waals surface area contributed by atoms with Gasteiger partial charge in [0.05, 0.1) is 5.69 Å². The number of anilines is 1. The number of carbonyl (C=O) groups excluding carboxylic acids is 1. The third kappa shape index (κ3) is 3.52. The average Bonchev–Trinajstić information content (AvgIpc) is 3.00. The molecular formula is C17H18N4O3. The number of amides is 1. The summed E-state index contributed by atoms with van der Waals surface area (Å²) in [4.78, 5) is 16.7. The molecule has 2 aromatic heterocycles. The summed E-state index contributed by atoms with van der Waals surface area (Å²) in [5.41, 5.74) is 1.13. The smallest absolute Gasteiger partial charge is 0.265 e. The lowest BCUT2D eigenvalue weighted by Gasteiger charge is -2.14. The Labute approximate surface area is 139 Å². The molecule has 0 radical (unpaired) electrons. The van der Waals surface area contributed by atoms with Gasteiger partial charge in [-0.2, -0.15) is 0 Å². The molecule has 3 aromatic rings. The topological polar surface area (TPSA) is 77.8 Å². The third-order valence-corrected chi connectivity index (χ3v) is 3.36. The largest absolute Gasteiger partial charge is 0.481 e. The van der Waals surface area contributed by atoms with Gasteiger partial charge in [0.1, 0.15) is 12.4 Å². The first-order valence-corrected chi connectivity index (χ1v) is 7.53. The minimum atomic E-state index is -0.644. The Hall–Kier alpha value is -2.93. The van der Waals surface area contributed by atoms with Crippen molar-refractivity contribution in [3.8, 4) is 5.75 Å². The molecule has 1 amide bonds. The van der Waals surface area contributed by atoms with Crippen molar-refractivity contribution < 1.29 is 14.3 Å². The lowest BCUT2D eigenvalue weighted by atomic mass is 10.3. The molecule has 0 bridgehead atoms. The standard InChI is InChI=1S/C17H18N4O3/c1-12(24-13-7-4-3-5-8-13)17(22)18-14-9-6-10-21-16(14)19-15(20-21)11-23-2/h3-10,12H,11H2,1-2H3,(H,18,22)/t12-/m0/s1. The number of benzene rings is 1. The lowest BCUT2D eigenvalue weighted by Crippen LogP contribution is -2.30. The fourth-order valence-corrected chi connectivity index (χ4v) is 2.23. The zero-order valence-electron chi connectivity index (χ0n) is 13.5. The minimum absolute atomic E-state index is 0.261. The Morgan fingerprint density at radius 1 is 1.25 bits per heavy atom. The van der Waals surface area contributed by atoms with Crippen LogP contribution in [0.2, 0.25) is 0 Å². The number of rotatable bonds is 6. The number of para-hydroxylation sites is 1. The van der Waals surface area contributed by atoms with E-state index in [0.717, 1.165) is 0 Å². The van der Waals surface area contributed by atoms with E-state index in [1.165, 1.54) is 0 Å². The number of fused-ring (bicyclic) bond motifs is 1. The second-order valence-electron chi connectivity index (χ2n) is 5.21. The highest BCUT2D eigenvalue weighted by molar-refractivity contribution is 5.97. The van der Waals surface area contributed by atoms with Gasteiger partial charge >= 0.3 is 0 Å². The molecule has 7 heteroatoms. The first-order chi connectivity index (χ1) is 11.7. The van der Waals surface area contributed by atoms with Crippen LogP contribution < -0.4 is 10.1 Å². The van der Waals surface area contributed by atoms with Crippen molar-refractivity contribution in [1.29, 1.82) is 0 Å². The fourth-order valence-electron chi connectivity index (χ4n) is 2.23. The molecular weight excluding hydrogens is 308 g/mol. The van der Waals surface area contributed by atoms with Gasteiger partial charge in [0.25, 0.3) is 5.91 Å². The van der Waals surface area contributed by atoms with Crippen LogP contribution >= 0.6 is 0 Å². The van der Waals surface area contributed by atoms with Crippen LogP contribution in [-0.2, 0) is 16.1 Å². The molecule has 3 rings (SSSR count). The summed E-state index contributed by atoms with van der Waals surface area (Å²) in [5.74, 6) is 0.930. The molecule has 0 saturated carbocycles. The number of nitrogens with zero attached hydrogens (tertiary/aromatic N) is 3. The number of hydrogen-bond acceptors (Lipinski definition) is 5. The summed E-state index contributed by atoms with van der Waals surface area (Å²) in [6.07, 6.45) is 1.12. The van der Waals surface area contributed by atoms with E-state index in [4.69, 9.17) is 9.47 Å². The van der Waals surface area contributed by atoms with Crippen molar-refractivity contribution >= 4 is 17.2 Å². The Kier molecular flexibility index (Phi) is 4.72. The fraction of sp³-hybridized carbons (Fsp3) is 0.235. The first-order valence-electron chi connectivity index (χ1n) is 7.53. The van der Waals surface area contributed by atoms with E-state index in [-0.39, 0.29) is 5.91 Å². The lowest BCUT2D eigenvalue weighted by molar-refractivity contribution is -0.122. The van der Waals surface area contributed by atoms with Gasteiger partial charge in [-0.25, -0.2) is 9.50 Å². The van der Waals surface area contributed by atoms with Gasteiger partial charge in [-0.1, -0.05) is 18.2 Å². The maximum absolute atomic E-state index is 12.4. The van der Waals surface area contributed by atoms with Crippen LogP contribution in [0.4, 0.5) is 5.69 Å². The highest BCUT2D eigenvalue weighted by Gasteiger charge is 2.17. The molecule has 124 valence electrons. The summed E-state index contributed by atoms with van der Waals surface area (Å²) in [5, 5.41) is 7.11. The Morgan fingerprint density at radius 2 is 2.04 bits per heavy atom. The Bertz CT molecular complexity index is 832. The molecule has 0 saturated heterocycles. The molecule has 1 N–H and O–H groups in total. The molecule has 0 aliphatic heterocycles. The van der Waals surface area contributed by atoms with Crippen molar-refractivity contribution in [2.75, 3.05) is 12.4 Å². The normalized spacial score (nSPS) is 12.1. The molecule has 0 aliphatic rings. The summed E-state index contributed by atoms with van der Waals surface area (Å²) >= 11 is 0. The predicted octanol–water partition coefficient (Wildman–Crippen LogP) is 2.28. The molecule has 0 spiro atoms. The molecule has 7 nitrogen and oxygen atoms in total. The average molecular weight is 326 g/mol. The van der Waals surface area contributed by atoms with E-state index in [9.17, 15) is 4.79 Å². The van der Waals surface area contributed by atoms with Gasteiger partial charge in [0.15, 0.2) is 17.6 Å². The van der Waals surface area contributed by atoms with Gasteiger partial charge in [0.2, 0.25) is 0 Å². The van der Waals surface area contributed by atoms with Crippen molar-refractivity contribution in [3.05, 3.63) is 54.5 Å². The van der Waals surface area contributed by atoms with E-state index in [2.05, 4.69) is 15.4 Å². The van der Waals surface area contributed by atoms with Crippen LogP contribution in [-0.4, -0.2) is 33.7 Å². The maximum Gasteiger partial charge on any atom is 0.265 e. The number of methoxy groups -OCH3 is 1.